The quantitative estimate of drug-likeness (QED) is 0.270. The Morgan fingerprint density at radius 3 is 2.35 bits per heavy atom. The summed E-state index contributed by atoms with van der Waals surface area (Å²) in [4.78, 5) is 24.9. The molecule has 0 bridgehead atoms. The van der Waals surface area contributed by atoms with Crippen molar-refractivity contribution in [2.24, 2.45) is 0 Å². The van der Waals surface area contributed by atoms with E-state index in [1.54, 1.807) is 24.3 Å². The van der Waals surface area contributed by atoms with Crippen LogP contribution < -0.4 is 10.2 Å². The minimum atomic E-state index is -4.91. The molecule has 4 aromatic rings. The lowest BCUT2D eigenvalue weighted by Gasteiger charge is -2.13. The first-order valence-electron chi connectivity index (χ1n) is 9.99. The molecule has 0 aliphatic heterocycles. The van der Waals surface area contributed by atoms with Gasteiger partial charge in [0.05, 0.1) is 10.9 Å². The van der Waals surface area contributed by atoms with Crippen molar-refractivity contribution in [1.82, 2.24) is 0 Å². The molecule has 0 aliphatic rings. The monoisotopic (exact) mass is 532 g/mol. The fourth-order valence-corrected chi connectivity index (χ4v) is 3.53. The number of esters is 1. The predicted molar refractivity (Wildman–Crippen MR) is 122 cm³/mol. The molecule has 0 atom stereocenters. The van der Waals surface area contributed by atoms with Gasteiger partial charge in [-0.3, -0.25) is 4.79 Å². The third-order valence-corrected chi connectivity index (χ3v) is 5.38. The second-order valence-electron chi connectivity index (χ2n) is 7.23. The SMILES string of the molecule is O=C(COc1ccc2c(=O)c(-c3ccc(Br)cc3)c(C(F)(F)F)oc2c1)OCc1ccccc1. The number of hydrogen-bond donors (Lipinski definition) is 0. The molecule has 0 N–H and O–H groups in total. The van der Waals surface area contributed by atoms with E-state index in [-0.39, 0.29) is 28.9 Å². The molecule has 0 radical (unpaired) electrons. The van der Waals surface area contributed by atoms with E-state index in [2.05, 4.69) is 15.9 Å². The van der Waals surface area contributed by atoms with Gasteiger partial charge < -0.3 is 13.9 Å². The van der Waals surface area contributed by atoms with Crippen molar-refractivity contribution < 1.29 is 31.9 Å². The van der Waals surface area contributed by atoms with E-state index in [0.29, 0.717) is 4.47 Å². The lowest BCUT2D eigenvalue weighted by atomic mass is 10.0. The van der Waals surface area contributed by atoms with Crippen molar-refractivity contribution in [2.75, 3.05) is 6.61 Å². The first-order chi connectivity index (χ1) is 16.2. The molecule has 0 fully saturated rings. The van der Waals surface area contributed by atoms with Gasteiger partial charge in [0.25, 0.3) is 0 Å². The molecule has 0 amide bonds. The highest BCUT2D eigenvalue weighted by Crippen LogP contribution is 2.38. The Labute approximate surface area is 199 Å². The Hall–Kier alpha value is -3.59. The van der Waals surface area contributed by atoms with Crippen LogP contribution in [0.25, 0.3) is 22.1 Å². The Balaban J connectivity index is 1.60. The van der Waals surface area contributed by atoms with Gasteiger partial charge in [-0.25, -0.2) is 4.79 Å². The maximum absolute atomic E-state index is 13.8. The Bertz CT molecular complexity index is 1380. The van der Waals surface area contributed by atoms with Crippen molar-refractivity contribution in [1.29, 1.82) is 0 Å². The second-order valence-corrected chi connectivity index (χ2v) is 8.15. The molecule has 5 nitrogen and oxygen atoms in total. The van der Waals surface area contributed by atoms with Crippen LogP contribution in [0, 0.1) is 0 Å². The van der Waals surface area contributed by atoms with Gasteiger partial charge in [-0.2, -0.15) is 13.2 Å². The molecule has 34 heavy (non-hydrogen) atoms. The highest BCUT2D eigenvalue weighted by Gasteiger charge is 2.39. The van der Waals surface area contributed by atoms with Gasteiger partial charge in [0.1, 0.15) is 17.9 Å². The van der Waals surface area contributed by atoms with E-state index in [0.717, 1.165) is 11.6 Å². The summed E-state index contributed by atoms with van der Waals surface area (Å²) >= 11 is 3.22. The van der Waals surface area contributed by atoms with E-state index in [1.165, 1.54) is 36.4 Å². The molecule has 9 heteroatoms. The fourth-order valence-electron chi connectivity index (χ4n) is 3.26. The molecule has 174 valence electrons. The summed E-state index contributed by atoms with van der Waals surface area (Å²) in [6.45, 7) is -0.408. The van der Waals surface area contributed by atoms with E-state index in [9.17, 15) is 22.8 Å². The number of fused-ring (bicyclic) bond motifs is 1. The number of ether oxygens (including phenoxy) is 2. The molecule has 4 rings (SSSR count). The number of halogens is 4. The summed E-state index contributed by atoms with van der Waals surface area (Å²) < 4.78 is 57.5. The zero-order valence-electron chi connectivity index (χ0n) is 17.4. The number of hydrogen-bond acceptors (Lipinski definition) is 5. The van der Waals surface area contributed by atoms with Gasteiger partial charge >= 0.3 is 12.1 Å². The summed E-state index contributed by atoms with van der Waals surface area (Å²) in [5.74, 6) is -2.02. The normalized spacial score (nSPS) is 11.4. The molecular formula is C25H16BrF3O5. The first kappa shape index (κ1) is 23.6. The van der Waals surface area contributed by atoms with Crippen LogP contribution in [0.15, 0.2) is 86.5 Å². The zero-order valence-corrected chi connectivity index (χ0v) is 19.0. The van der Waals surface area contributed by atoms with E-state index in [1.807, 2.05) is 6.07 Å². The number of alkyl halides is 3. The van der Waals surface area contributed by atoms with Gasteiger partial charge in [-0.05, 0) is 35.4 Å². The summed E-state index contributed by atoms with van der Waals surface area (Å²) in [5.41, 5.74) is -0.846. The van der Waals surface area contributed by atoms with Crippen LogP contribution >= 0.6 is 15.9 Å². The maximum atomic E-state index is 13.8. The standard InChI is InChI=1S/C25H16BrF3O5/c26-17-8-6-16(7-9-17)22-23(31)19-11-10-18(12-20(19)34-24(22)25(27,28)29)32-14-21(30)33-13-15-4-2-1-3-5-15/h1-12H,13-14H2. The molecule has 0 spiro atoms. The van der Waals surface area contributed by atoms with Gasteiger partial charge in [0, 0.05) is 10.5 Å². The van der Waals surface area contributed by atoms with Crippen molar-refractivity contribution >= 4 is 32.9 Å². The Morgan fingerprint density at radius 2 is 1.68 bits per heavy atom. The number of benzene rings is 3. The van der Waals surface area contributed by atoms with E-state index < -0.39 is 35.5 Å². The molecule has 3 aromatic carbocycles. The molecule has 1 aromatic heterocycles. The third kappa shape index (κ3) is 5.31. The van der Waals surface area contributed by atoms with Crippen LogP contribution in [0.4, 0.5) is 13.2 Å². The van der Waals surface area contributed by atoms with Gasteiger partial charge in [0.2, 0.25) is 11.2 Å². The Kier molecular flexibility index (Phi) is 6.74. The predicted octanol–water partition coefficient (Wildman–Crippen LogP) is 6.36. The van der Waals surface area contributed by atoms with Crippen LogP contribution in [-0.2, 0) is 22.3 Å². The van der Waals surface area contributed by atoms with Crippen LogP contribution in [0.3, 0.4) is 0 Å². The largest absolute Gasteiger partial charge is 0.482 e. The summed E-state index contributed by atoms with van der Waals surface area (Å²) in [6, 6.07) is 18.7. The molecule has 1 heterocycles. The maximum Gasteiger partial charge on any atom is 0.450 e. The highest BCUT2D eigenvalue weighted by atomic mass is 79.9. The Morgan fingerprint density at radius 1 is 0.971 bits per heavy atom. The first-order valence-corrected chi connectivity index (χ1v) is 10.8. The molecule has 0 aliphatic carbocycles. The van der Waals surface area contributed by atoms with Crippen molar-refractivity contribution in [3.8, 4) is 16.9 Å². The van der Waals surface area contributed by atoms with Gasteiger partial charge in [0.15, 0.2) is 6.61 Å². The minimum Gasteiger partial charge on any atom is -0.482 e. The molecule has 0 saturated carbocycles. The average molecular weight is 533 g/mol. The smallest absolute Gasteiger partial charge is 0.450 e. The fraction of sp³-hybridized carbons (Fsp3) is 0.120. The van der Waals surface area contributed by atoms with Crippen LogP contribution in [0.1, 0.15) is 11.3 Å². The molecule has 0 unspecified atom stereocenters. The van der Waals surface area contributed by atoms with Crippen LogP contribution in [-0.4, -0.2) is 12.6 Å². The van der Waals surface area contributed by atoms with Crippen molar-refractivity contribution in [3.63, 3.8) is 0 Å². The minimum absolute atomic E-state index is 0.0510. The van der Waals surface area contributed by atoms with E-state index >= 15 is 0 Å². The third-order valence-electron chi connectivity index (χ3n) is 4.85. The molecular weight excluding hydrogens is 517 g/mol. The van der Waals surface area contributed by atoms with Gasteiger partial charge in [-0.15, -0.1) is 0 Å². The van der Waals surface area contributed by atoms with Crippen molar-refractivity contribution in [3.05, 3.63) is 98.8 Å². The zero-order chi connectivity index (χ0) is 24.3. The number of carbonyl (C=O) groups is 1. The lowest BCUT2D eigenvalue weighted by molar-refractivity contribution is -0.152. The van der Waals surface area contributed by atoms with E-state index in [4.69, 9.17) is 13.9 Å². The summed E-state index contributed by atoms with van der Waals surface area (Å²) in [6.07, 6.45) is -4.91. The number of carbonyl (C=O) groups excluding carboxylic acids is 1. The molecule has 0 saturated heterocycles. The summed E-state index contributed by atoms with van der Waals surface area (Å²) in [7, 11) is 0. The topological polar surface area (TPSA) is 65.7 Å². The average Bonchev–Trinajstić information content (AvgIpc) is 2.82. The van der Waals surface area contributed by atoms with Crippen LogP contribution in [0.2, 0.25) is 0 Å². The van der Waals surface area contributed by atoms with Crippen molar-refractivity contribution in [2.45, 2.75) is 12.8 Å². The lowest BCUT2D eigenvalue weighted by Crippen LogP contribution is -2.16. The second kappa shape index (κ2) is 9.72. The number of rotatable bonds is 6. The van der Waals surface area contributed by atoms with Gasteiger partial charge in [-0.1, -0.05) is 58.4 Å². The highest BCUT2D eigenvalue weighted by molar-refractivity contribution is 9.10. The summed E-state index contributed by atoms with van der Waals surface area (Å²) in [5, 5.41) is -0.0510. The van der Waals surface area contributed by atoms with Crippen LogP contribution in [0.5, 0.6) is 5.75 Å².